The molecule has 0 aromatic heterocycles. The summed E-state index contributed by atoms with van der Waals surface area (Å²) in [4.78, 5) is 2.12. The Labute approximate surface area is 119 Å². The van der Waals surface area contributed by atoms with E-state index in [2.05, 4.69) is 10.2 Å². The fraction of sp³-hybridized carbons (Fsp3) is 0.571. The summed E-state index contributed by atoms with van der Waals surface area (Å²) in [6, 6.07) is 0. The van der Waals surface area contributed by atoms with Crippen molar-refractivity contribution in [1.29, 1.82) is 0 Å². The molecule has 0 atom stereocenters. The number of rotatable bonds is 4. The predicted molar refractivity (Wildman–Crippen MR) is 69.6 cm³/mol. The summed E-state index contributed by atoms with van der Waals surface area (Å²) in [5, 5.41) is 2.32. The van der Waals surface area contributed by atoms with Crippen LogP contribution in [0.15, 0.2) is 0 Å². The third kappa shape index (κ3) is 3.64. The van der Waals surface area contributed by atoms with Crippen molar-refractivity contribution in [1.82, 2.24) is 4.90 Å². The van der Waals surface area contributed by atoms with Crippen molar-refractivity contribution in [2.24, 2.45) is 0 Å². The van der Waals surface area contributed by atoms with Crippen molar-refractivity contribution in [3.05, 3.63) is 29.1 Å². The summed E-state index contributed by atoms with van der Waals surface area (Å²) >= 11 is 0. The first-order valence-electron chi connectivity index (χ1n) is 7.00. The van der Waals surface area contributed by atoms with Gasteiger partial charge in [-0.1, -0.05) is 12.8 Å². The second kappa shape index (κ2) is 7.06. The molecule has 0 saturated carbocycles. The lowest BCUT2D eigenvalue weighted by molar-refractivity contribution is 0.295. The van der Waals surface area contributed by atoms with E-state index < -0.39 is 34.8 Å². The third-order valence-electron chi connectivity index (χ3n) is 3.64. The smallest absolute Gasteiger partial charge is 0.200 e. The predicted octanol–water partition coefficient (Wildman–Crippen LogP) is 3.67. The SMILES string of the molecule is Fc1c(F)c(F)c(NCCN2CCCCCC2)c(F)c1F. The number of benzene rings is 1. The minimum atomic E-state index is -2.14. The molecule has 0 bridgehead atoms. The summed E-state index contributed by atoms with van der Waals surface area (Å²) in [7, 11) is 0. The standard InChI is InChI=1S/C14H17F5N2/c15-9-10(16)12(18)14(13(19)11(9)17)20-5-8-21-6-3-1-2-4-7-21/h20H,1-8H2. The van der Waals surface area contributed by atoms with Gasteiger partial charge in [-0.15, -0.1) is 0 Å². The van der Waals surface area contributed by atoms with Crippen molar-refractivity contribution in [2.45, 2.75) is 25.7 Å². The van der Waals surface area contributed by atoms with Gasteiger partial charge in [0.1, 0.15) is 5.69 Å². The van der Waals surface area contributed by atoms with Crippen LogP contribution in [-0.4, -0.2) is 31.1 Å². The van der Waals surface area contributed by atoms with Crippen LogP contribution in [0.25, 0.3) is 0 Å². The minimum Gasteiger partial charge on any atom is -0.379 e. The van der Waals surface area contributed by atoms with E-state index in [0.29, 0.717) is 6.54 Å². The van der Waals surface area contributed by atoms with Gasteiger partial charge in [0.25, 0.3) is 0 Å². The van der Waals surface area contributed by atoms with E-state index >= 15 is 0 Å². The van der Waals surface area contributed by atoms with Crippen molar-refractivity contribution >= 4 is 5.69 Å². The first-order chi connectivity index (χ1) is 10.0. The van der Waals surface area contributed by atoms with Crippen LogP contribution in [0.3, 0.4) is 0 Å². The quantitative estimate of drug-likeness (QED) is 0.519. The van der Waals surface area contributed by atoms with E-state index in [1.807, 2.05) is 0 Å². The minimum absolute atomic E-state index is 0.123. The first kappa shape index (κ1) is 16.0. The summed E-state index contributed by atoms with van der Waals surface area (Å²) in [6.07, 6.45) is 4.42. The number of nitrogens with one attached hydrogen (secondary N) is 1. The number of anilines is 1. The Kier molecular flexibility index (Phi) is 5.39. The van der Waals surface area contributed by atoms with Gasteiger partial charge in [-0.3, -0.25) is 0 Å². The van der Waals surface area contributed by atoms with Crippen LogP contribution in [0.2, 0.25) is 0 Å². The number of nitrogens with zero attached hydrogens (tertiary/aromatic N) is 1. The Balaban J connectivity index is 2.00. The van der Waals surface area contributed by atoms with E-state index in [1.54, 1.807) is 0 Å². The van der Waals surface area contributed by atoms with E-state index in [0.717, 1.165) is 38.8 Å². The van der Waals surface area contributed by atoms with E-state index in [1.165, 1.54) is 0 Å². The molecule has 1 heterocycles. The van der Waals surface area contributed by atoms with E-state index in [-0.39, 0.29) is 6.54 Å². The molecule has 1 saturated heterocycles. The average Bonchev–Trinajstić information content (AvgIpc) is 2.75. The van der Waals surface area contributed by atoms with Gasteiger partial charge in [0, 0.05) is 13.1 Å². The van der Waals surface area contributed by atoms with Crippen LogP contribution in [0.5, 0.6) is 0 Å². The molecule has 1 N–H and O–H groups in total. The maximum absolute atomic E-state index is 13.4. The van der Waals surface area contributed by atoms with Crippen molar-refractivity contribution in [2.75, 3.05) is 31.5 Å². The summed E-state index contributed by atoms with van der Waals surface area (Å²) < 4.78 is 65.8. The summed E-state index contributed by atoms with van der Waals surface area (Å²) in [6.45, 7) is 2.40. The highest BCUT2D eigenvalue weighted by atomic mass is 19.2. The lowest BCUT2D eigenvalue weighted by Gasteiger charge is -2.20. The zero-order chi connectivity index (χ0) is 15.4. The molecular weight excluding hydrogens is 291 g/mol. The van der Waals surface area contributed by atoms with Gasteiger partial charge in [-0.05, 0) is 25.9 Å². The monoisotopic (exact) mass is 308 g/mol. The number of hydrogen-bond acceptors (Lipinski definition) is 2. The Morgan fingerprint density at radius 3 is 1.71 bits per heavy atom. The van der Waals surface area contributed by atoms with Crippen molar-refractivity contribution in [3.8, 4) is 0 Å². The molecular formula is C14H17F5N2. The average molecular weight is 308 g/mol. The summed E-state index contributed by atoms with van der Waals surface area (Å²) in [5.41, 5.74) is -0.957. The highest BCUT2D eigenvalue weighted by molar-refractivity contribution is 5.47. The zero-order valence-corrected chi connectivity index (χ0v) is 11.5. The highest BCUT2D eigenvalue weighted by Crippen LogP contribution is 2.26. The Bertz CT molecular complexity index is 470. The van der Waals surface area contributed by atoms with Crippen LogP contribution in [0, 0.1) is 29.1 Å². The molecule has 1 aliphatic rings. The molecule has 0 spiro atoms. The van der Waals surface area contributed by atoms with Gasteiger partial charge < -0.3 is 10.2 Å². The Hall–Kier alpha value is -1.37. The molecule has 0 radical (unpaired) electrons. The topological polar surface area (TPSA) is 15.3 Å². The van der Waals surface area contributed by atoms with Crippen molar-refractivity contribution < 1.29 is 22.0 Å². The zero-order valence-electron chi connectivity index (χ0n) is 11.5. The van der Waals surface area contributed by atoms with E-state index in [4.69, 9.17) is 0 Å². The molecule has 118 valence electrons. The molecule has 21 heavy (non-hydrogen) atoms. The maximum atomic E-state index is 13.4. The van der Waals surface area contributed by atoms with Crippen LogP contribution >= 0.6 is 0 Å². The second-order valence-electron chi connectivity index (χ2n) is 5.13. The first-order valence-corrected chi connectivity index (χ1v) is 7.00. The van der Waals surface area contributed by atoms with Crippen LogP contribution in [0.4, 0.5) is 27.6 Å². The molecule has 7 heteroatoms. The third-order valence-corrected chi connectivity index (χ3v) is 3.64. The lowest BCUT2D eigenvalue weighted by Crippen LogP contribution is -2.30. The van der Waals surface area contributed by atoms with Gasteiger partial charge in [0.2, 0.25) is 5.82 Å². The number of likely N-dealkylation sites (tertiary alicyclic amines) is 1. The van der Waals surface area contributed by atoms with Crippen LogP contribution in [-0.2, 0) is 0 Å². The lowest BCUT2D eigenvalue weighted by atomic mass is 10.2. The van der Waals surface area contributed by atoms with Gasteiger partial charge in [-0.25, -0.2) is 22.0 Å². The largest absolute Gasteiger partial charge is 0.379 e. The number of halogens is 5. The van der Waals surface area contributed by atoms with Crippen molar-refractivity contribution in [3.63, 3.8) is 0 Å². The van der Waals surface area contributed by atoms with Gasteiger partial charge in [-0.2, -0.15) is 0 Å². The van der Waals surface area contributed by atoms with E-state index in [9.17, 15) is 22.0 Å². The van der Waals surface area contributed by atoms with Crippen LogP contribution < -0.4 is 5.32 Å². The van der Waals surface area contributed by atoms with Gasteiger partial charge in [0.15, 0.2) is 23.3 Å². The second-order valence-corrected chi connectivity index (χ2v) is 5.13. The Morgan fingerprint density at radius 2 is 1.19 bits per heavy atom. The molecule has 1 aliphatic heterocycles. The molecule has 2 rings (SSSR count). The molecule has 1 fully saturated rings. The molecule has 1 aromatic rings. The molecule has 0 unspecified atom stereocenters. The Morgan fingerprint density at radius 1 is 0.714 bits per heavy atom. The highest BCUT2D eigenvalue weighted by Gasteiger charge is 2.25. The van der Waals surface area contributed by atoms with Gasteiger partial charge in [0.05, 0.1) is 0 Å². The summed E-state index contributed by atoms with van der Waals surface area (Å²) in [5.74, 6) is -9.62. The maximum Gasteiger partial charge on any atom is 0.200 e. The molecule has 0 amide bonds. The molecule has 2 nitrogen and oxygen atoms in total. The normalized spacial score (nSPS) is 16.8. The molecule has 1 aromatic carbocycles. The number of hydrogen-bond donors (Lipinski definition) is 1. The fourth-order valence-electron chi connectivity index (χ4n) is 2.46. The molecule has 0 aliphatic carbocycles. The van der Waals surface area contributed by atoms with Gasteiger partial charge >= 0.3 is 0 Å². The van der Waals surface area contributed by atoms with Crippen LogP contribution in [0.1, 0.15) is 25.7 Å². The fourth-order valence-corrected chi connectivity index (χ4v) is 2.46.